The minimum Gasteiger partial charge on any atom is -0.491 e. The highest BCUT2D eigenvalue weighted by molar-refractivity contribution is 5.69. The van der Waals surface area contributed by atoms with Gasteiger partial charge in [0.05, 0.1) is 6.04 Å². The maximum atomic E-state index is 12.6. The molecule has 0 spiro atoms. The Morgan fingerprint density at radius 2 is 2.05 bits per heavy atom. The molecule has 0 N–H and O–H groups in total. The van der Waals surface area contributed by atoms with Crippen LogP contribution in [0.25, 0.3) is 0 Å². The van der Waals surface area contributed by atoms with Crippen molar-refractivity contribution in [2.45, 2.75) is 38.6 Å². The van der Waals surface area contributed by atoms with E-state index in [9.17, 15) is 18.0 Å². The fraction of sp³-hybridized carbons (Fsp3) is 0.571. The van der Waals surface area contributed by atoms with Gasteiger partial charge in [0.2, 0.25) is 0 Å². The Balaban J connectivity index is 2.20. The molecule has 0 radical (unpaired) electrons. The SMILES string of the molecule is CN(C(=O)OC(C)(C)C)[C@@H]1COc2cc(C(F)(F)F)ncc21. The Bertz CT molecular complexity index is 582. The number of alkyl halides is 3. The number of pyridine rings is 1. The lowest BCUT2D eigenvalue weighted by atomic mass is 10.1. The number of hydrogen-bond donors (Lipinski definition) is 0. The second-order valence-corrected chi connectivity index (χ2v) is 6.02. The standard InChI is InChI=1S/C14H17F3N2O3/c1-13(2,3)22-12(20)19(4)9-7-21-10-5-11(14(15,16)17)18-6-8(9)10/h5-6,9H,7H2,1-4H3/t9-/m1/s1. The molecule has 8 heteroatoms. The first-order valence-electron chi connectivity index (χ1n) is 6.65. The number of aromatic nitrogens is 1. The predicted molar refractivity (Wildman–Crippen MR) is 71.5 cm³/mol. The Labute approximate surface area is 126 Å². The Morgan fingerprint density at radius 3 is 2.59 bits per heavy atom. The van der Waals surface area contributed by atoms with E-state index in [0.29, 0.717) is 5.56 Å². The van der Waals surface area contributed by atoms with Gasteiger partial charge in [0.25, 0.3) is 0 Å². The van der Waals surface area contributed by atoms with Gasteiger partial charge in [-0.2, -0.15) is 13.2 Å². The average molecular weight is 318 g/mol. The van der Waals surface area contributed by atoms with E-state index in [0.717, 1.165) is 12.3 Å². The van der Waals surface area contributed by atoms with Crippen LogP contribution in [0.1, 0.15) is 38.1 Å². The van der Waals surface area contributed by atoms with Crippen molar-refractivity contribution in [1.82, 2.24) is 9.88 Å². The third-order valence-corrected chi connectivity index (χ3v) is 3.09. The zero-order valence-electron chi connectivity index (χ0n) is 12.7. The number of amides is 1. The molecule has 1 aliphatic heterocycles. The topological polar surface area (TPSA) is 51.7 Å². The fourth-order valence-corrected chi connectivity index (χ4v) is 2.02. The van der Waals surface area contributed by atoms with Crippen LogP contribution in [0.4, 0.5) is 18.0 Å². The normalized spacial score (nSPS) is 17.7. The largest absolute Gasteiger partial charge is 0.491 e. The summed E-state index contributed by atoms with van der Waals surface area (Å²) in [7, 11) is 1.51. The zero-order chi connectivity index (χ0) is 16.7. The van der Waals surface area contributed by atoms with Crippen LogP contribution in [0.2, 0.25) is 0 Å². The molecule has 0 bridgehead atoms. The predicted octanol–water partition coefficient (Wildman–Crippen LogP) is 3.40. The molecule has 122 valence electrons. The van der Waals surface area contributed by atoms with Crippen LogP contribution in [0.3, 0.4) is 0 Å². The smallest absolute Gasteiger partial charge is 0.433 e. The van der Waals surface area contributed by atoms with Gasteiger partial charge in [0.1, 0.15) is 23.7 Å². The number of halogens is 3. The van der Waals surface area contributed by atoms with Crippen LogP contribution < -0.4 is 4.74 Å². The van der Waals surface area contributed by atoms with Gasteiger partial charge in [-0.05, 0) is 20.8 Å². The van der Waals surface area contributed by atoms with Crippen LogP contribution in [0.15, 0.2) is 12.3 Å². The number of rotatable bonds is 1. The van der Waals surface area contributed by atoms with Gasteiger partial charge in [-0.25, -0.2) is 4.79 Å². The second-order valence-electron chi connectivity index (χ2n) is 6.02. The van der Waals surface area contributed by atoms with E-state index in [1.165, 1.54) is 11.9 Å². The molecular weight excluding hydrogens is 301 g/mol. The molecule has 0 aromatic carbocycles. The minimum atomic E-state index is -4.53. The molecule has 22 heavy (non-hydrogen) atoms. The molecule has 1 atom stereocenters. The van der Waals surface area contributed by atoms with Crippen LogP contribution in [0.5, 0.6) is 5.75 Å². The first-order valence-corrected chi connectivity index (χ1v) is 6.65. The number of carbonyl (C=O) groups excluding carboxylic acids is 1. The molecule has 1 amide bonds. The Morgan fingerprint density at radius 1 is 1.41 bits per heavy atom. The molecule has 1 aliphatic rings. The fourth-order valence-electron chi connectivity index (χ4n) is 2.02. The van der Waals surface area contributed by atoms with Crippen molar-refractivity contribution in [1.29, 1.82) is 0 Å². The third-order valence-electron chi connectivity index (χ3n) is 3.09. The summed E-state index contributed by atoms with van der Waals surface area (Å²) >= 11 is 0. The van der Waals surface area contributed by atoms with Gasteiger partial charge in [-0.1, -0.05) is 0 Å². The van der Waals surface area contributed by atoms with Crippen molar-refractivity contribution < 1.29 is 27.4 Å². The third kappa shape index (κ3) is 3.42. The van der Waals surface area contributed by atoms with Crippen molar-refractivity contribution in [3.63, 3.8) is 0 Å². The summed E-state index contributed by atoms with van der Waals surface area (Å²) in [4.78, 5) is 16.7. The number of ether oxygens (including phenoxy) is 2. The summed E-state index contributed by atoms with van der Waals surface area (Å²) in [6, 6.07) is 0.317. The van der Waals surface area contributed by atoms with Crippen molar-refractivity contribution in [3.05, 3.63) is 23.5 Å². The Kier molecular flexibility index (Phi) is 3.97. The number of likely N-dealkylation sites (N-methyl/N-ethyl adjacent to an activating group) is 1. The quantitative estimate of drug-likeness (QED) is 0.796. The maximum absolute atomic E-state index is 12.6. The molecule has 1 aromatic rings. The Hall–Kier alpha value is -1.99. The highest BCUT2D eigenvalue weighted by Crippen LogP contribution is 2.39. The van der Waals surface area contributed by atoms with E-state index >= 15 is 0 Å². The maximum Gasteiger partial charge on any atom is 0.433 e. The number of hydrogen-bond acceptors (Lipinski definition) is 4. The number of carbonyl (C=O) groups is 1. The van der Waals surface area contributed by atoms with E-state index in [-0.39, 0.29) is 12.4 Å². The van der Waals surface area contributed by atoms with Gasteiger partial charge in [-0.15, -0.1) is 0 Å². The van der Waals surface area contributed by atoms with Crippen molar-refractivity contribution in [3.8, 4) is 5.75 Å². The van der Waals surface area contributed by atoms with Gasteiger partial charge in [0, 0.05) is 24.9 Å². The average Bonchev–Trinajstić information content (AvgIpc) is 2.77. The van der Waals surface area contributed by atoms with Crippen molar-refractivity contribution in [2.75, 3.05) is 13.7 Å². The molecule has 0 aliphatic carbocycles. The van der Waals surface area contributed by atoms with Gasteiger partial charge < -0.3 is 14.4 Å². The summed E-state index contributed by atoms with van der Waals surface area (Å²) in [6.45, 7) is 5.26. The number of nitrogens with zero attached hydrogens (tertiary/aromatic N) is 2. The highest BCUT2D eigenvalue weighted by atomic mass is 19.4. The van der Waals surface area contributed by atoms with Crippen LogP contribution in [0, 0.1) is 0 Å². The summed E-state index contributed by atoms with van der Waals surface area (Å²) < 4.78 is 48.4. The molecule has 1 aromatic heterocycles. The molecule has 0 saturated heterocycles. The molecule has 5 nitrogen and oxygen atoms in total. The van der Waals surface area contributed by atoms with E-state index in [4.69, 9.17) is 9.47 Å². The van der Waals surface area contributed by atoms with Crippen molar-refractivity contribution >= 4 is 6.09 Å². The van der Waals surface area contributed by atoms with Gasteiger partial charge in [-0.3, -0.25) is 4.98 Å². The molecule has 0 unspecified atom stereocenters. The molecule has 2 heterocycles. The zero-order valence-corrected chi connectivity index (χ0v) is 12.7. The summed E-state index contributed by atoms with van der Waals surface area (Å²) in [5.74, 6) is 0.0859. The van der Waals surface area contributed by atoms with Gasteiger partial charge in [0.15, 0.2) is 0 Å². The van der Waals surface area contributed by atoms with Gasteiger partial charge >= 0.3 is 12.3 Å². The van der Waals surface area contributed by atoms with E-state index in [1.807, 2.05) is 0 Å². The number of fused-ring (bicyclic) bond motifs is 1. The van der Waals surface area contributed by atoms with Crippen LogP contribution in [-0.2, 0) is 10.9 Å². The van der Waals surface area contributed by atoms with E-state index in [1.54, 1.807) is 20.8 Å². The lowest BCUT2D eigenvalue weighted by Crippen LogP contribution is -2.37. The second kappa shape index (κ2) is 5.33. The minimum absolute atomic E-state index is 0.0636. The molecule has 0 saturated carbocycles. The molecule has 0 fully saturated rings. The van der Waals surface area contributed by atoms with E-state index < -0.39 is 29.6 Å². The lowest BCUT2D eigenvalue weighted by molar-refractivity contribution is -0.141. The monoisotopic (exact) mass is 318 g/mol. The van der Waals surface area contributed by atoms with Crippen LogP contribution >= 0.6 is 0 Å². The molecular formula is C14H17F3N2O3. The van der Waals surface area contributed by atoms with E-state index in [2.05, 4.69) is 4.98 Å². The molecule has 2 rings (SSSR count). The highest BCUT2D eigenvalue weighted by Gasteiger charge is 2.37. The van der Waals surface area contributed by atoms with Crippen molar-refractivity contribution in [2.24, 2.45) is 0 Å². The summed E-state index contributed by atoms with van der Waals surface area (Å²) in [5.41, 5.74) is -1.25. The summed E-state index contributed by atoms with van der Waals surface area (Å²) in [5, 5.41) is 0. The lowest BCUT2D eigenvalue weighted by Gasteiger charge is -2.27. The first kappa shape index (κ1) is 16.4. The van der Waals surface area contributed by atoms with Crippen LogP contribution in [-0.4, -0.2) is 35.2 Å². The summed E-state index contributed by atoms with van der Waals surface area (Å²) in [6.07, 6.45) is -4.02. The first-order chi connectivity index (χ1) is 9.99.